The molecule has 1 amide bonds. The number of carbonyl (C=O) groups excluding carboxylic acids is 1. The van der Waals surface area contributed by atoms with Crippen molar-refractivity contribution in [1.82, 2.24) is 10.2 Å². The monoisotopic (exact) mass is 199 g/mol. The molecule has 82 valence electrons. The predicted octanol–water partition coefficient (Wildman–Crippen LogP) is -0.0659. The number of nitrogens with one attached hydrogen (secondary N) is 1. The summed E-state index contributed by atoms with van der Waals surface area (Å²) in [6.45, 7) is 8.41. The van der Waals surface area contributed by atoms with E-state index >= 15 is 0 Å². The van der Waals surface area contributed by atoms with Gasteiger partial charge >= 0.3 is 0 Å². The summed E-state index contributed by atoms with van der Waals surface area (Å²) in [6, 6.07) is 0.290. The zero-order valence-corrected chi connectivity index (χ0v) is 9.34. The van der Waals surface area contributed by atoms with Gasteiger partial charge in [0.25, 0.3) is 0 Å². The maximum atomic E-state index is 11.8. The summed E-state index contributed by atoms with van der Waals surface area (Å²) < 4.78 is 0. The topological polar surface area (TPSA) is 58.4 Å². The van der Waals surface area contributed by atoms with Crippen LogP contribution in [0.5, 0.6) is 0 Å². The summed E-state index contributed by atoms with van der Waals surface area (Å²) in [5.74, 6) is 0.173. The van der Waals surface area contributed by atoms with Gasteiger partial charge in [0, 0.05) is 37.6 Å². The zero-order valence-electron chi connectivity index (χ0n) is 9.34. The maximum absolute atomic E-state index is 11.8. The van der Waals surface area contributed by atoms with Crippen LogP contribution in [0.3, 0.4) is 0 Å². The van der Waals surface area contributed by atoms with Crippen molar-refractivity contribution in [2.24, 2.45) is 5.73 Å². The molecule has 0 aromatic rings. The highest BCUT2D eigenvalue weighted by Gasteiger charge is 2.26. The van der Waals surface area contributed by atoms with E-state index < -0.39 is 5.54 Å². The maximum Gasteiger partial charge on any atom is 0.224 e. The van der Waals surface area contributed by atoms with Gasteiger partial charge in [-0.1, -0.05) is 0 Å². The molecular weight excluding hydrogens is 178 g/mol. The van der Waals surface area contributed by atoms with Crippen LogP contribution in [-0.4, -0.2) is 42.0 Å². The van der Waals surface area contributed by atoms with Gasteiger partial charge in [0.2, 0.25) is 5.91 Å². The highest BCUT2D eigenvalue weighted by atomic mass is 16.2. The second-order valence-corrected chi connectivity index (χ2v) is 4.81. The van der Waals surface area contributed by atoms with Crippen molar-refractivity contribution >= 4 is 5.91 Å². The van der Waals surface area contributed by atoms with Gasteiger partial charge in [-0.25, -0.2) is 0 Å². The lowest BCUT2D eigenvalue weighted by molar-refractivity contribution is -0.134. The Balaban J connectivity index is 2.50. The molecule has 0 unspecified atom stereocenters. The fraction of sp³-hybridized carbons (Fsp3) is 0.900. The SMILES string of the molecule is C[C@@H]1CNCCN1C(=O)CC(C)(C)N. The van der Waals surface area contributed by atoms with Crippen LogP contribution < -0.4 is 11.1 Å². The molecule has 0 spiro atoms. The molecule has 4 heteroatoms. The average molecular weight is 199 g/mol. The van der Waals surface area contributed by atoms with Gasteiger partial charge in [-0.2, -0.15) is 0 Å². The number of hydrogen-bond acceptors (Lipinski definition) is 3. The lowest BCUT2D eigenvalue weighted by atomic mass is 10.0. The van der Waals surface area contributed by atoms with Gasteiger partial charge in [-0.05, 0) is 20.8 Å². The molecule has 1 fully saturated rings. The Bertz CT molecular complexity index is 210. The first-order valence-corrected chi connectivity index (χ1v) is 5.19. The van der Waals surface area contributed by atoms with Crippen LogP contribution in [0, 0.1) is 0 Å². The Morgan fingerprint density at radius 2 is 2.29 bits per heavy atom. The van der Waals surface area contributed by atoms with Crippen molar-refractivity contribution in [1.29, 1.82) is 0 Å². The van der Waals surface area contributed by atoms with E-state index in [9.17, 15) is 4.79 Å². The summed E-state index contributed by atoms with van der Waals surface area (Å²) in [4.78, 5) is 13.8. The molecule has 3 N–H and O–H groups in total. The number of piperazine rings is 1. The Hall–Kier alpha value is -0.610. The van der Waals surface area contributed by atoms with Crippen LogP contribution in [0.1, 0.15) is 27.2 Å². The van der Waals surface area contributed by atoms with E-state index in [0.717, 1.165) is 19.6 Å². The second kappa shape index (κ2) is 4.28. The van der Waals surface area contributed by atoms with Gasteiger partial charge < -0.3 is 16.0 Å². The zero-order chi connectivity index (χ0) is 10.8. The molecule has 1 aliphatic heterocycles. The predicted molar refractivity (Wildman–Crippen MR) is 56.9 cm³/mol. The third-order valence-corrected chi connectivity index (χ3v) is 2.43. The van der Waals surface area contributed by atoms with Crippen LogP contribution in [0.25, 0.3) is 0 Å². The Labute approximate surface area is 85.8 Å². The number of carbonyl (C=O) groups is 1. The average Bonchev–Trinajstić information content (AvgIpc) is 2.01. The molecule has 1 atom stereocenters. The summed E-state index contributed by atoms with van der Waals surface area (Å²) in [5, 5.41) is 3.26. The van der Waals surface area contributed by atoms with E-state index in [-0.39, 0.29) is 5.91 Å². The molecule has 1 saturated heterocycles. The van der Waals surface area contributed by atoms with E-state index in [1.54, 1.807) is 0 Å². The smallest absolute Gasteiger partial charge is 0.224 e. The standard InChI is InChI=1S/C10H21N3O/c1-8-7-12-4-5-13(8)9(14)6-10(2,3)11/h8,12H,4-7,11H2,1-3H3/t8-/m1/s1. The van der Waals surface area contributed by atoms with Gasteiger partial charge in [0.05, 0.1) is 0 Å². The molecular formula is C10H21N3O. The first-order valence-electron chi connectivity index (χ1n) is 5.19. The fourth-order valence-electron chi connectivity index (χ4n) is 1.70. The molecule has 0 radical (unpaired) electrons. The van der Waals surface area contributed by atoms with Gasteiger partial charge in [0.15, 0.2) is 0 Å². The fourth-order valence-corrected chi connectivity index (χ4v) is 1.70. The Morgan fingerprint density at radius 1 is 1.64 bits per heavy atom. The van der Waals surface area contributed by atoms with E-state index in [1.165, 1.54) is 0 Å². The normalized spacial score (nSPS) is 23.7. The largest absolute Gasteiger partial charge is 0.337 e. The van der Waals surface area contributed by atoms with E-state index in [1.807, 2.05) is 18.7 Å². The molecule has 1 aliphatic rings. The summed E-state index contributed by atoms with van der Waals surface area (Å²) in [6.07, 6.45) is 0.428. The van der Waals surface area contributed by atoms with Crippen molar-refractivity contribution in [2.75, 3.05) is 19.6 Å². The summed E-state index contributed by atoms with van der Waals surface area (Å²) in [5.41, 5.74) is 5.42. The molecule has 14 heavy (non-hydrogen) atoms. The molecule has 0 aliphatic carbocycles. The van der Waals surface area contributed by atoms with E-state index in [0.29, 0.717) is 12.5 Å². The van der Waals surface area contributed by atoms with Crippen molar-refractivity contribution < 1.29 is 4.79 Å². The van der Waals surface area contributed by atoms with Crippen molar-refractivity contribution in [3.63, 3.8) is 0 Å². The minimum absolute atomic E-state index is 0.173. The Morgan fingerprint density at radius 3 is 2.79 bits per heavy atom. The van der Waals surface area contributed by atoms with Crippen LogP contribution in [0.4, 0.5) is 0 Å². The van der Waals surface area contributed by atoms with Gasteiger partial charge in [0.1, 0.15) is 0 Å². The minimum atomic E-state index is -0.401. The van der Waals surface area contributed by atoms with Gasteiger partial charge in [-0.3, -0.25) is 4.79 Å². The summed E-state index contributed by atoms with van der Waals surface area (Å²) in [7, 11) is 0. The third-order valence-electron chi connectivity index (χ3n) is 2.43. The Kier molecular flexibility index (Phi) is 3.50. The van der Waals surface area contributed by atoms with Crippen LogP contribution in [-0.2, 0) is 4.79 Å². The number of nitrogens with zero attached hydrogens (tertiary/aromatic N) is 1. The first-order chi connectivity index (χ1) is 6.40. The summed E-state index contributed by atoms with van der Waals surface area (Å²) >= 11 is 0. The number of hydrogen-bond donors (Lipinski definition) is 2. The van der Waals surface area contributed by atoms with Crippen LogP contribution in [0.2, 0.25) is 0 Å². The number of amides is 1. The molecule has 4 nitrogen and oxygen atoms in total. The van der Waals surface area contributed by atoms with E-state index in [4.69, 9.17) is 5.73 Å². The highest BCUT2D eigenvalue weighted by Crippen LogP contribution is 2.10. The molecule has 0 saturated carbocycles. The van der Waals surface area contributed by atoms with Crippen LogP contribution in [0.15, 0.2) is 0 Å². The number of rotatable bonds is 2. The lowest BCUT2D eigenvalue weighted by Crippen LogP contribution is -2.54. The third kappa shape index (κ3) is 3.27. The van der Waals surface area contributed by atoms with Crippen molar-refractivity contribution in [2.45, 2.75) is 38.8 Å². The molecule has 1 heterocycles. The van der Waals surface area contributed by atoms with Crippen LogP contribution >= 0.6 is 0 Å². The molecule has 0 aromatic heterocycles. The van der Waals surface area contributed by atoms with Gasteiger partial charge in [-0.15, -0.1) is 0 Å². The quantitative estimate of drug-likeness (QED) is 0.655. The second-order valence-electron chi connectivity index (χ2n) is 4.81. The lowest BCUT2D eigenvalue weighted by Gasteiger charge is -2.35. The number of nitrogens with two attached hydrogens (primary N) is 1. The molecule has 0 bridgehead atoms. The molecule has 0 aromatic carbocycles. The molecule has 1 rings (SSSR count). The van der Waals surface area contributed by atoms with Crippen molar-refractivity contribution in [3.05, 3.63) is 0 Å². The minimum Gasteiger partial charge on any atom is -0.337 e. The van der Waals surface area contributed by atoms with E-state index in [2.05, 4.69) is 12.2 Å². The highest BCUT2D eigenvalue weighted by molar-refractivity contribution is 5.77. The first kappa shape index (κ1) is 11.5. The van der Waals surface area contributed by atoms with Crippen molar-refractivity contribution in [3.8, 4) is 0 Å².